The van der Waals surface area contributed by atoms with Crippen molar-refractivity contribution in [3.05, 3.63) is 59.7 Å². The van der Waals surface area contributed by atoms with Crippen LogP contribution >= 0.6 is 0 Å². The van der Waals surface area contributed by atoms with Crippen molar-refractivity contribution in [2.45, 2.75) is 109 Å². The van der Waals surface area contributed by atoms with Crippen LogP contribution in [0.15, 0.2) is 48.5 Å². The zero-order valence-electron chi connectivity index (χ0n) is 27.6. The van der Waals surface area contributed by atoms with E-state index in [-0.39, 0.29) is 25.7 Å². The molecular formula is C36H50N2O7. The SMILES string of the molecule is CC(C)(C)OC[C@@H](C(=O)O)N(CC(CC1CCCCC1)NC(=O)OCC1c2ccccc2-c2ccccc21)C(=O)OC(C)(C)C. The molecule has 4 rings (SSSR count). The number of carboxylic acid groups (broad SMARTS) is 1. The van der Waals surface area contributed by atoms with Gasteiger partial charge in [-0.2, -0.15) is 0 Å². The van der Waals surface area contributed by atoms with Crippen LogP contribution in [0, 0.1) is 5.92 Å². The molecule has 2 N–H and O–H groups in total. The van der Waals surface area contributed by atoms with E-state index in [9.17, 15) is 19.5 Å². The van der Waals surface area contributed by atoms with Crippen molar-refractivity contribution in [1.82, 2.24) is 10.2 Å². The van der Waals surface area contributed by atoms with Crippen molar-refractivity contribution in [3.8, 4) is 11.1 Å². The van der Waals surface area contributed by atoms with Gasteiger partial charge in [-0.25, -0.2) is 14.4 Å². The second kappa shape index (κ2) is 14.7. The molecule has 0 saturated heterocycles. The highest BCUT2D eigenvalue weighted by Gasteiger charge is 2.37. The summed E-state index contributed by atoms with van der Waals surface area (Å²) in [5.74, 6) is -0.959. The number of carboxylic acids is 1. The smallest absolute Gasteiger partial charge is 0.411 e. The Hall–Kier alpha value is -3.59. The van der Waals surface area contributed by atoms with Crippen LogP contribution in [-0.4, -0.2) is 71.2 Å². The highest BCUT2D eigenvalue weighted by atomic mass is 16.6. The number of ether oxygens (including phenoxy) is 3. The standard InChI is InChI=1S/C36H50N2O7/c1-35(2,3)44-23-31(32(39)40)38(34(42)45-36(4,5)6)21-25(20-24-14-8-7-9-15-24)37-33(41)43-22-30-28-18-12-10-16-26(28)27-17-11-13-19-29(27)30/h10-13,16-19,24-25,30-31H,7-9,14-15,20-23H2,1-6H3,(H,37,41)(H,39,40)/t25?,31-/m0/s1. The first kappa shape index (κ1) is 34.3. The summed E-state index contributed by atoms with van der Waals surface area (Å²) in [5, 5.41) is 13.2. The molecule has 2 amide bonds. The van der Waals surface area contributed by atoms with Crippen molar-refractivity contribution in [1.29, 1.82) is 0 Å². The Labute approximate surface area is 267 Å². The molecule has 0 aliphatic heterocycles. The van der Waals surface area contributed by atoms with Crippen LogP contribution in [0.3, 0.4) is 0 Å². The summed E-state index contributed by atoms with van der Waals surface area (Å²) in [5.41, 5.74) is 3.05. The third kappa shape index (κ3) is 9.70. The van der Waals surface area contributed by atoms with Gasteiger partial charge >= 0.3 is 18.2 Å². The molecule has 1 unspecified atom stereocenters. The molecule has 1 saturated carbocycles. The maximum atomic E-state index is 13.5. The fourth-order valence-corrected chi connectivity index (χ4v) is 6.32. The fourth-order valence-electron chi connectivity index (χ4n) is 6.32. The van der Waals surface area contributed by atoms with E-state index in [0.717, 1.165) is 47.9 Å². The molecule has 2 aromatic carbocycles. The van der Waals surface area contributed by atoms with Crippen LogP contribution < -0.4 is 5.32 Å². The molecule has 246 valence electrons. The van der Waals surface area contributed by atoms with Gasteiger partial charge < -0.3 is 24.6 Å². The zero-order chi connectivity index (χ0) is 32.8. The lowest BCUT2D eigenvalue weighted by Crippen LogP contribution is -2.55. The Balaban J connectivity index is 1.53. The summed E-state index contributed by atoms with van der Waals surface area (Å²) in [6.45, 7) is 10.6. The zero-order valence-corrected chi connectivity index (χ0v) is 27.6. The number of carbonyl (C=O) groups excluding carboxylic acids is 2. The summed E-state index contributed by atoms with van der Waals surface area (Å²) in [7, 11) is 0. The summed E-state index contributed by atoms with van der Waals surface area (Å²) >= 11 is 0. The molecule has 0 radical (unpaired) electrons. The van der Waals surface area contributed by atoms with Gasteiger partial charge in [-0.3, -0.25) is 4.90 Å². The average molecular weight is 623 g/mol. The molecule has 0 aromatic heterocycles. The van der Waals surface area contributed by atoms with Crippen molar-refractivity contribution >= 4 is 18.2 Å². The van der Waals surface area contributed by atoms with Gasteiger partial charge in [-0.1, -0.05) is 80.6 Å². The van der Waals surface area contributed by atoms with E-state index in [4.69, 9.17) is 14.2 Å². The Kier molecular flexibility index (Phi) is 11.2. The third-order valence-corrected chi connectivity index (χ3v) is 8.39. The Morgan fingerprint density at radius 3 is 2.00 bits per heavy atom. The minimum absolute atomic E-state index is 0.0555. The average Bonchev–Trinajstić information content (AvgIpc) is 3.28. The van der Waals surface area contributed by atoms with Crippen molar-refractivity contribution < 1.29 is 33.7 Å². The second-order valence-corrected chi connectivity index (χ2v) is 14.3. The lowest BCUT2D eigenvalue weighted by Gasteiger charge is -2.36. The maximum Gasteiger partial charge on any atom is 0.411 e. The summed E-state index contributed by atoms with van der Waals surface area (Å²) < 4.78 is 17.4. The van der Waals surface area contributed by atoms with E-state index in [1.807, 2.05) is 45.0 Å². The number of amides is 2. The number of fused-ring (bicyclic) bond motifs is 3. The molecule has 2 atom stereocenters. The quantitative estimate of drug-likeness (QED) is 0.269. The van der Waals surface area contributed by atoms with Crippen LogP contribution in [0.25, 0.3) is 11.1 Å². The number of benzene rings is 2. The first-order valence-corrected chi connectivity index (χ1v) is 16.2. The summed E-state index contributed by atoms with van der Waals surface area (Å²) in [6.07, 6.45) is 4.65. The van der Waals surface area contributed by atoms with Gasteiger partial charge in [-0.15, -0.1) is 0 Å². The highest BCUT2D eigenvalue weighted by molar-refractivity contribution is 5.81. The van der Waals surface area contributed by atoms with Crippen LogP contribution in [0.4, 0.5) is 9.59 Å². The minimum atomic E-state index is -1.31. The van der Waals surface area contributed by atoms with Crippen LogP contribution in [0.1, 0.15) is 97.1 Å². The van der Waals surface area contributed by atoms with Crippen LogP contribution in [-0.2, 0) is 19.0 Å². The van der Waals surface area contributed by atoms with E-state index in [2.05, 4.69) is 29.6 Å². The van der Waals surface area contributed by atoms with Gasteiger partial charge in [0.25, 0.3) is 0 Å². The molecule has 2 aromatic rings. The first-order valence-electron chi connectivity index (χ1n) is 16.2. The van der Waals surface area contributed by atoms with Gasteiger partial charge in [0.1, 0.15) is 12.2 Å². The monoisotopic (exact) mass is 622 g/mol. The maximum absolute atomic E-state index is 13.5. The van der Waals surface area contributed by atoms with Crippen LogP contribution in [0.5, 0.6) is 0 Å². The van der Waals surface area contributed by atoms with Gasteiger partial charge in [0.15, 0.2) is 6.04 Å². The van der Waals surface area contributed by atoms with Crippen molar-refractivity contribution in [2.75, 3.05) is 19.8 Å². The second-order valence-electron chi connectivity index (χ2n) is 14.3. The van der Waals surface area contributed by atoms with Crippen LogP contribution in [0.2, 0.25) is 0 Å². The predicted molar refractivity (Wildman–Crippen MR) is 173 cm³/mol. The van der Waals surface area contributed by atoms with E-state index >= 15 is 0 Å². The van der Waals surface area contributed by atoms with Gasteiger partial charge in [0.2, 0.25) is 0 Å². The Morgan fingerprint density at radius 1 is 0.889 bits per heavy atom. The molecule has 2 aliphatic rings. The third-order valence-electron chi connectivity index (χ3n) is 8.39. The molecule has 1 fully saturated rings. The van der Waals surface area contributed by atoms with E-state index in [1.54, 1.807) is 20.8 Å². The lowest BCUT2D eigenvalue weighted by molar-refractivity contribution is -0.148. The Bertz CT molecular complexity index is 1280. The molecule has 9 nitrogen and oxygen atoms in total. The molecule has 0 bridgehead atoms. The topological polar surface area (TPSA) is 114 Å². The largest absolute Gasteiger partial charge is 0.480 e. The number of hydrogen-bond acceptors (Lipinski definition) is 6. The Morgan fingerprint density at radius 2 is 1.47 bits per heavy atom. The number of aliphatic carboxylic acids is 1. The van der Waals surface area contributed by atoms with E-state index in [1.165, 1.54) is 11.3 Å². The van der Waals surface area contributed by atoms with Gasteiger partial charge in [-0.05, 0) is 76.1 Å². The number of nitrogens with zero attached hydrogens (tertiary/aromatic N) is 1. The van der Waals surface area contributed by atoms with Crippen molar-refractivity contribution in [2.24, 2.45) is 5.92 Å². The summed E-state index contributed by atoms with van der Waals surface area (Å²) in [6, 6.07) is 14.4. The molecular weight excluding hydrogens is 572 g/mol. The van der Waals surface area contributed by atoms with E-state index in [0.29, 0.717) is 12.3 Å². The van der Waals surface area contributed by atoms with Gasteiger partial charge in [0.05, 0.1) is 18.2 Å². The number of carbonyl (C=O) groups is 3. The predicted octanol–water partition coefficient (Wildman–Crippen LogP) is 7.37. The molecule has 0 heterocycles. The van der Waals surface area contributed by atoms with Crippen molar-refractivity contribution in [3.63, 3.8) is 0 Å². The van der Waals surface area contributed by atoms with Gasteiger partial charge in [0, 0.05) is 12.5 Å². The molecule has 0 spiro atoms. The first-order chi connectivity index (χ1) is 21.2. The summed E-state index contributed by atoms with van der Waals surface area (Å²) in [4.78, 5) is 40.6. The number of nitrogens with one attached hydrogen (secondary N) is 1. The fraction of sp³-hybridized carbons (Fsp3) is 0.583. The number of hydrogen-bond donors (Lipinski definition) is 2. The highest BCUT2D eigenvalue weighted by Crippen LogP contribution is 2.44. The number of rotatable bonds is 11. The number of alkyl carbamates (subject to hydrolysis) is 1. The normalized spacial score (nSPS) is 16.7. The molecule has 2 aliphatic carbocycles. The molecule has 45 heavy (non-hydrogen) atoms. The lowest BCUT2D eigenvalue weighted by atomic mass is 9.84. The minimum Gasteiger partial charge on any atom is -0.480 e. The molecule has 9 heteroatoms. The van der Waals surface area contributed by atoms with E-state index < -0.39 is 41.4 Å².